The quantitative estimate of drug-likeness (QED) is 0.127. The zero-order valence-corrected chi connectivity index (χ0v) is 29.4. The van der Waals surface area contributed by atoms with Gasteiger partial charge in [0.05, 0.1) is 0 Å². The molecule has 4 heteroatoms. The van der Waals surface area contributed by atoms with Gasteiger partial charge in [0.2, 0.25) is 0 Å². The average molecular weight is 770 g/mol. The molecule has 38 heavy (non-hydrogen) atoms. The van der Waals surface area contributed by atoms with Crippen LogP contribution in [0.2, 0.25) is 0 Å². The van der Waals surface area contributed by atoms with Gasteiger partial charge in [-0.3, -0.25) is 0 Å². The molecule has 0 saturated carbocycles. The Morgan fingerprint density at radius 3 is 1.16 bits per heavy atom. The first-order valence-corrected chi connectivity index (χ1v) is 17.7. The molecule has 0 heterocycles. The van der Waals surface area contributed by atoms with Crippen molar-refractivity contribution in [3.05, 3.63) is 77.5 Å². The molecule has 3 aromatic carbocycles. The van der Waals surface area contributed by atoms with Crippen molar-refractivity contribution >= 4 is 63.7 Å². The van der Waals surface area contributed by atoms with Crippen LogP contribution in [0.15, 0.2) is 66.4 Å². The molecular weight excluding hydrogens is 728 g/mol. The van der Waals surface area contributed by atoms with E-state index in [2.05, 4.69) is 126 Å². The number of benzene rings is 3. The van der Waals surface area contributed by atoms with Gasteiger partial charge in [0.1, 0.15) is 0 Å². The molecule has 0 bridgehead atoms. The summed E-state index contributed by atoms with van der Waals surface area (Å²) < 4.78 is 4.81. The molecule has 0 atom stereocenters. The third-order valence-corrected chi connectivity index (χ3v) is 10.6. The highest BCUT2D eigenvalue weighted by Crippen LogP contribution is 2.49. The fourth-order valence-electron chi connectivity index (χ4n) is 5.31. The van der Waals surface area contributed by atoms with Gasteiger partial charge >= 0.3 is 0 Å². The standard InChI is InChI=1S/C34H42Br4/c1-3-5-7-9-11-13-21-27-31(25-19-15-17-23-29(25)35)34(38)28(22-14-12-10-8-6-4-2)32(33(27)37)26-20-16-18-24-30(26)36/h15-20,23-24H,3-14,21-22H2,1-2H3. The zero-order valence-electron chi connectivity index (χ0n) is 23.0. The number of hydrogen-bond donors (Lipinski definition) is 0. The molecule has 0 saturated heterocycles. The summed E-state index contributed by atoms with van der Waals surface area (Å²) in [5.41, 5.74) is 8.05. The van der Waals surface area contributed by atoms with Gasteiger partial charge in [0.15, 0.2) is 0 Å². The highest BCUT2D eigenvalue weighted by Gasteiger charge is 2.25. The molecule has 0 amide bonds. The average Bonchev–Trinajstić information content (AvgIpc) is 2.91. The van der Waals surface area contributed by atoms with Crippen molar-refractivity contribution in [3.63, 3.8) is 0 Å². The van der Waals surface area contributed by atoms with E-state index in [9.17, 15) is 0 Å². The molecular formula is C34H42Br4. The molecule has 0 aliphatic heterocycles. The minimum Gasteiger partial charge on any atom is -0.0654 e. The van der Waals surface area contributed by atoms with Crippen LogP contribution in [-0.4, -0.2) is 0 Å². The first-order valence-electron chi connectivity index (χ1n) is 14.5. The highest BCUT2D eigenvalue weighted by atomic mass is 79.9. The van der Waals surface area contributed by atoms with E-state index >= 15 is 0 Å². The number of halogens is 4. The molecule has 3 aromatic rings. The Hall–Kier alpha value is -0.420. The fourth-order valence-corrected chi connectivity index (χ4v) is 7.97. The largest absolute Gasteiger partial charge is 0.0654 e. The molecule has 0 nitrogen and oxygen atoms in total. The van der Waals surface area contributed by atoms with E-state index in [0.29, 0.717) is 0 Å². The van der Waals surface area contributed by atoms with Gasteiger partial charge < -0.3 is 0 Å². The van der Waals surface area contributed by atoms with E-state index < -0.39 is 0 Å². The van der Waals surface area contributed by atoms with Crippen molar-refractivity contribution in [3.8, 4) is 22.3 Å². The Kier molecular flexibility index (Phi) is 14.7. The van der Waals surface area contributed by atoms with Gasteiger partial charge in [-0.1, -0.05) is 146 Å². The molecule has 0 aliphatic carbocycles. The van der Waals surface area contributed by atoms with Gasteiger partial charge in [-0.15, -0.1) is 0 Å². The van der Waals surface area contributed by atoms with E-state index in [1.807, 2.05) is 0 Å². The Bertz CT molecular complexity index is 1060. The minimum atomic E-state index is 1.07. The van der Waals surface area contributed by atoms with Crippen molar-refractivity contribution in [1.29, 1.82) is 0 Å². The lowest BCUT2D eigenvalue weighted by molar-refractivity contribution is 0.605. The second kappa shape index (κ2) is 17.4. The van der Waals surface area contributed by atoms with Gasteiger partial charge in [0.25, 0.3) is 0 Å². The van der Waals surface area contributed by atoms with E-state index in [1.165, 1.54) is 119 Å². The van der Waals surface area contributed by atoms with E-state index in [1.54, 1.807) is 0 Å². The molecule has 0 unspecified atom stereocenters. The summed E-state index contributed by atoms with van der Waals surface area (Å²) in [6.07, 6.45) is 17.7. The Morgan fingerprint density at radius 2 is 0.789 bits per heavy atom. The number of hydrogen-bond acceptors (Lipinski definition) is 0. The predicted molar refractivity (Wildman–Crippen MR) is 182 cm³/mol. The summed E-state index contributed by atoms with van der Waals surface area (Å²) in [5, 5.41) is 0. The van der Waals surface area contributed by atoms with Crippen LogP contribution in [0.5, 0.6) is 0 Å². The molecule has 3 rings (SSSR count). The van der Waals surface area contributed by atoms with Crippen LogP contribution in [-0.2, 0) is 12.8 Å². The Balaban J connectivity index is 2.10. The lowest BCUT2D eigenvalue weighted by Crippen LogP contribution is -2.04. The summed E-state index contributed by atoms with van der Waals surface area (Å²) in [6, 6.07) is 17.4. The van der Waals surface area contributed by atoms with Crippen LogP contribution in [0.25, 0.3) is 22.3 Å². The fraction of sp³-hybridized carbons (Fsp3) is 0.471. The van der Waals surface area contributed by atoms with Gasteiger partial charge in [-0.2, -0.15) is 0 Å². The molecule has 0 aliphatic rings. The summed E-state index contributed by atoms with van der Waals surface area (Å²) in [4.78, 5) is 0. The molecule has 0 fully saturated rings. The van der Waals surface area contributed by atoms with Crippen LogP contribution in [0.3, 0.4) is 0 Å². The van der Waals surface area contributed by atoms with Crippen molar-refractivity contribution in [2.45, 2.75) is 104 Å². The van der Waals surface area contributed by atoms with Crippen LogP contribution in [0.1, 0.15) is 102 Å². The summed E-state index contributed by atoms with van der Waals surface area (Å²) >= 11 is 16.1. The van der Waals surface area contributed by atoms with Gasteiger partial charge in [-0.05, 0) is 91.9 Å². The van der Waals surface area contributed by atoms with E-state index in [-0.39, 0.29) is 0 Å². The maximum Gasteiger partial charge on any atom is 0.0295 e. The Labute approximate surface area is 265 Å². The summed E-state index contributed by atoms with van der Waals surface area (Å²) in [6.45, 7) is 4.57. The first kappa shape index (κ1) is 32.1. The van der Waals surface area contributed by atoms with Crippen LogP contribution in [0.4, 0.5) is 0 Å². The SMILES string of the molecule is CCCCCCCCc1c(Br)c(-c2ccccc2Br)c(CCCCCCCC)c(Br)c1-c1ccccc1Br. The van der Waals surface area contributed by atoms with Crippen LogP contribution < -0.4 is 0 Å². The van der Waals surface area contributed by atoms with E-state index in [4.69, 9.17) is 0 Å². The molecule has 0 radical (unpaired) electrons. The normalized spacial score (nSPS) is 11.3. The second-order valence-corrected chi connectivity index (χ2v) is 13.6. The van der Waals surface area contributed by atoms with E-state index in [0.717, 1.165) is 21.8 Å². The van der Waals surface area contributed by atoms with Crippen molar-refractivity contribution < 1.29 is 0 Å². The van der Waals surface area contributed by atoms with Crippen LogP contribution in [0, 0.1) is 0 Å². The molecule has 206 valence electrons. The second-order valence-electron chi connectivity index (χ2n) is 10.3. The number of rotatable bonds is 16. The summed E-state index contributed by atoms with van der Waals surface area (Å²) in [7, 11) is 0. The lowest BCUT2D eigenvalue weighted by Gasteiger charge is -2.24. The highest BCUT2D eigenvalue weighted by molar-refractivity contribution is 9.11. The molecule has 0 N–H and O–H groups in total. The van der Waals surface area contributed by atoms with Crippen molar-refractivity contribution in [2.24, 2.45) is 0 Å². The van der Waals surface area contributed by atoms with Gasteiger partial charge in [0, 0.05) is 29.0 Å². The minimum absolute atomic E-state index is 1.07. The third kappa shape index (κ3) is 8.79. The van der Waals surface area contributed by atoms with Gasteiger partial charge in [-0.25, -0.2) is 0 Å². The third-order valence-electron chi connectivity index (χ3n) is 7.42. The Morgan fingerprint density at radius 1 is 0.447 bits per heavy atom. The van der Waals surface area contributed by atoms with Crippen molar-refractivity contribution in [1.82, 2.24) is 0 Å². The zero-order chi connectivity index (χ0) is 27.3. The maximum absolute atomic E-state index is 4.19. The predicted octanol–water partition coefficient (Wildman–Crippen LogP) is 13.9. The lowest BCUT2D eigenvalue weighted by atomic mass is 9.86. The van der Waals surface area contributed by atoms with Crippen LogP contribution >= 0.6 is 63.7 Å². The maximum atomic E-state index is 4.19. The molecule has 0 spiro atoms. The summed E-state index contributed by atoms with van der Waals surface area (Å²) in [5.74, 6) is 0. The van der Waals surface area contributed by atoms with Crippen molar-refractivity contribution in [2.75, 3.05) is 0 Å². The number of unbranched alkanes of at least 4 members (excludes halogenated alkanes) is 10. The smallest absolute Gasteiger partial charge is 0.0295 e. The molecule has 0 aromatic heterocycles. The monoisotopic (exact) mass is 766 g/mol. The topological polar surface area (TPSA) is 0 Å². The first-order chi connectivity index (χ1) is 18.5.